The zero-order valence-electron chi connectivity index (χ0n) is 7.56. The van der Waals surface area contributed by atoms with E-state index in [-0.39, 0.29) is 6.04 Å². The van der Waals surface area contributed by atoms with Gasteiger partial charge in [-0.15, -0.1) is 0 Å². The first kappa shape index (κ1) is 9.74. The van der Waals surface area contributed by atoms with Crippen molar-refractivity contribution in [3.63, 3.8) is 0 Å². The van der Waals surface area contributed by atoms with Crippen LogP contribution in [0, 0.1) is 5.82 Å². The molecule has 0 fully saturated rings. The highest BCUT2D eigenvalue weighted by Gasteiger charge is 2.25. The number of fused-ring (bicyclic) bond motifs is 1. The average molecular weight is 216 g/mol. The summed E-state index contributed by atoms with van der Waals surface area (Å²) >= 11 is 5.90. The Labute approximate surface area is 86.5 Å². The minimum atomic E-state index is -0.614. The van der Waals surface area contributed by atoms with E-state index in [0.29, 0.717) is 10.6 Å². The summed E-state index contributed by atoms with van der Waals surface area (Å²) in [4.78, 5) is 0. The van der Waals surface area contributed by atoms with Gasteiger partial charge in [-0.05, 0) is 24.8 Å². The van der Waals surface area contributed by atoms with Gasteiger partial charge < -0.3 is 10.8 Å². The monoisotopic (exact) mass is 215 g/mol. The second kappa shape index (κ2) is 3.41. The van der Waals surface area contributed by atoms with Gasteiger partial charge >= 0.3 is 0 Å². The minimum absolute atomic E-state index is 0.344. The Balaban J connectivity index is 2.67. The van der Waals surface area contributed by atoms with E-state index in [1.165, 1.54) is 6.07 Å². The predicted molar refractivity (Wildman–Crippen MR) is 52.9 cm³/mol. The van der Waals surface area contributed by atoms with Gasteiger partial charge in [-0.1, -0.05) is 11.6 Å². The van der Waals surface area contributed by atoms with Crippen LogP contribution in [0.25, 0.3) is 0 Å². The Morgan fingerprint density at radius 1 is 1.57 bits per heavy atom. The van der Waals surface area contributed by atoms with E-state index < -0.39 is 11.6 Å². The molecule has 1 atom stereocenters. The molecule has 0 amide bonds. The van der Waals surface area contributed by atoms with Crippen molar-refractivity contribution in [3.05, 3.63) is 28.0 Å². The number of phenols is 1. The van der Waals surface area contributed by atoms with Crippen LogP contribution in [-0.2, 0) is 6.42 Å². The van der Waals surface area contributed by atoms with Crippen molar-refractivity contribution in [2.45, 2.75) is 25.3 Å². The Morgan fingerprint density at radius 2 is 2.29 bits per heavy atom. The van der Waals surface area contributed by atoms with Crippen LogP contribution in [-0.4, -0.2) is 5.11 Å². The highest BCUT2D eigenvalue weighted by atomic mass is 35.5. The molecule has 0 bridgehead atoms. The molecule has 0 spiro atoms. The molecular weight excluding hydrogens is 205 g/mol. The molecule has 4 heteroatoms. The van der Waals surface area contributed by atoms with Crippen molar-refractivity contribution in [2.24, 2.45) is 5.73 Å². The molecule has 3 N–H and O–H groups in total. The SMILES string of the molecule is N[C@H]1CCCc2c(Cl)cc(O)c(F)c21. The molecule has 0 heterocycles. The van der Waals surface area contributed by atoms with Gasteiger partial charge in [-0.25, -0.2) is 4.39 Å². The summed E-state index contributed by atoms with van der Waals surface area (Å²) in [5.41, 5.74) is 6.92. The lowest BCUT2D eigenvalue weighted by molar-refractivity contribution is 0.417. The van der Waals surface area contributed by atoms with Crippen molar-refractivity contribution >= 4 is 11.6 Å². The van der Waals surface area contributed by atoms with Crippen molar-refractivity contribution in [3.8, 4) is 5.75 Å². The van der Waals surface area contributed by atoms with E-state index in [4.69, 9.17) is 17.3 Å². The van der Waals surface area contributed by atoms with Crippen molar-refractivity contribution < 1.29 is 9.50 Å². The topological polar surface area (TPSA) is 46.2 Å². The lowest BCUT2D eigenvalue weighted by Gasteiger charge is -2.23. The van der Waals surface area contributed by atoms with Gasteiger partial charge in [0.05, 0.1) is 0 Å². The number of nitrogens with two attached hydrogens (primary N) is 1. The molecule has 14 heavy (non-hydrogen) atoms. The van der Waals surface area contributed by atoms with Gasteiger partial charge in [0.15, 0.2) is 11.6 Å². The number of aromatic hydroxyl groups is 1. The molecule has 0 radical (unpaired) electrons. The summed E-state index contributed by atoms with van der Waals surface area (Å²) in [6.45, 7) is 0. The second-order valence-corrected chi connectivity index (χ2v) is 3.99. The highest BCUT2D eigenvalue weighted by Crippen LogP contribution is 2.38. The van der Waals surface area contributed by atoms with E-state index in [0.717, 1.165) is 24.8 Å². The molecule has 1 aliphatic rings. The minimum Gasteiger partial charge on any atom is -0.505 e. The summed E-state index contributed by atoms with van der Waals surface area (Å²) in [5, 5.41) is 9.67. The first-order chi connectivity index (χ1) is 6.61. The number of phenolic OH excluding ortho intramolecular Hbond substituents is 1. The van der Waals surface area contributed by atoms with Gasteiger partial charge in [0.1, 0.15) is 0 Å². The van der Waals surface area contributed by atoms with Crippen LogP contribution in [0.1, 0.15) is 30.0 Å². The van der Waals surface area contributed by atoms with Crippen molar-refractivity contribution in [1.82, 2.24) is 0 Å². The van der Waals surface area contributed by atoms with E-state index in [1.807, 2.05) is 0 Å². The molecule has 0 saturated heterocycles. The smallest absolute Gasteiger partial charge is 0.169 e. The highest BCUT2D eigenvalue weighted by molar-refractivity contribution is 6.31. The normalized spacial score (nSPS) is 20.6. The van der Waals surface area contributed by atoms with E-state index in [2.05, 4.69) is 0 Å². The maximum Gasteiger partial charge on any atom is 0.169 e. The Morgan fingerprint density at radius 3 is 3.00 bits per heavy atom. The van der Waals surface area contributed by atoms with Crippen LogP contribution in [0.4, 0.5) is 4.39 Å². The largest absolute Gasteiger partial charge is 0.505 e. The quantitative estimate of drug-likeness (QED) is 0.699. The molecule has 2 nitrogen and oxygen atoms in total. The number of rotatable bonds is 0. The predicted octanol–water partition coefficient (Wildman–Crippen LogP) is 2.52. The average Bonchev–Trinajstić information content (AvgIpc) is 2.14. The van der Waals surface area contributed by atoms with E-state index >= 15 is 0 Å². The summed E-state index contributed by atoms with van der Waals surface area (Å²) < 4.78 is 13.5. The maximum atomic E-state index is 13.5. The van der Waals surface area contributed by atoms with Crippen LogP contribution in [0.2, 0.25) is 5.02 Å². The standard InChI is InChI=1S/C10H11ClFNO/c11-6-4-8(14)10(12)9-5(6)2-1-3-7(9)13/h4,7,14H,1-3,13H2/t7-/m0/s1. The molecule has 1 aliphatic carbocycles. The van der Waals surface area contributed by atoms with Gasteiger partial charge in [0.2, 0.25) is 0 Å². The molecule has 76 valence electrons. The second-order valence-electron chi connectivity index (χ2n) is 3.58. The summed E-state index contributed by atoms with van der Waals surface area (Å²) in [6.07, 6.45) is 2.39. The Bertz CT molecular complexity index is 381. The Kier molecular flexibility index (Phi) is 2.37. The maximum absolute atomic E-state index is 13.5. The third-order valence-corrected chi connectivity index (χ3v) is 2.99. The molecule has 2 rings (SSSR count). The number of hydrogen-bond acceptors (Lipinski definition) is 2. The first-order valence-corrected chi connectivity index (χ1v) is 4.94. The van der Waals surface area contributed by atoms with Crippen molar-refractivity contribution in [1.29, 1.82) is 0 Å². The molecule has 0 aliphatic heterocycles. The lowest BCUT2D eigenvalue weighted by Crippen LogP contribution is -2.19. The molecular formula is C10H11ClFNO. The molecule has 0 aromatic heterocycles. The molecule has 1 aromatic carbocycles. The van der Waals surface area contributed by atoms with Crippen LogP contribution < -0.4 is 5.73 Å². The van der Waals surface area contributed by atoms with Gasteiger partial charge in [0, 0.05) is 22.7 Å². The van der Waals surface area contributed by atoms with Gasteiger partial charge in [0.25, 0.3) is 0 Å². The van der Waals surface area contributed by atoms with Crippen LogP contribution >= 0.6 is 11.6 Å². The summed E-state index contributed by atoms with van der Waals surface area (Å²) in [7, 11) is 0. The summed E-state index contributed by atoms with van der Waals surface area (Å²) in [6, 6.07) is 0.900. The van der Waals surface area contributed by atoms with E-state index in [9.17, 15) is 9.50 Å². The van der Waals surface area contributed by atoms with Crippen LogP contribution in [0.15, 0.2) is 6.07 Å². The number of halogens is 2. The zero-order valence-corrected chi connectivity index (χ0v) is 8.31. The fourth-order valence-electron chi connectivity index (χ4n) is 1.95. The fourth-order valence-corrected chi connectivity index (χ4v) is 2.25. The fraction of sp³-hybridized carbons (Fsp3) is 0.400. The zero-order chi connectivity index (χ0) is 10.3. The third-order valence-electron chi connectivity index (χ3n) is 2.65. The van der Waals surface area contributed by atoms with Crippen molar-refractivity contribution in [2.75, 3.05) is 0 Å². The number of benzene rings is 1. The van der Waals surface area contributed by atoms with Crippen LogP contribution in [0.5, 0.6) is 5.75 Å². The molecule has 1 aromatic rings. The lowest BCUT2D eigenvalue weighted by atomic mass is 9.87. The van der Waals surface area contributed by atoms with Gasteiger partial charge in [-0.3, -0.25) is 0 Å². The first-order valence-electron chi connectivity index (χ1n) is 4.56. The van der Waals surface area contributed by atoms with Crippen LogP contribution in [0.3, 0.4) is 0 Å². The molecule has 0 unspecified atom stereocenters. The van der Waals surface area contributed by atoms with E-state index in [1.54, 1.807) is 0 Å². The Hall–Kier alpha value is -0.800. The van der Waals surface area contributed by atoms with Gasteiger partial charge in [-0.2, -0.15) is 0 Å². The molecule has 0 saturated carbocycles. The summed E-state index contributed by atoms with van der Waals surface area (Å²) in [5.74, 6) is -1.03. The third kappa shape index (κ3) is 1.37. The number of hydrogen-bond donors (Lipinski definition) is 2.